The van der Waals surface area contributed by atoms with Crippen LogP contribution in [0.1, 0.15) is 91.7 Å². The quantitative estimate of drug-likeness (QED) is 0.216. The molecule has 1 aliphatic rings. The van der Waals surface area contributed by atoms with Gasteiger partial charge in [0.25, 0.3) is 0 Å². The molecule has 1 aromatic heterocycles. The second-order valence-corrected chi connectivity index (χ2v) is 23.3. The Bertz CT molecular complexity index is 503. The first-order valence-electron chi connectivity index (χ1n) is 12.4. The zero-order valence-electron chi connectivity index (χ0n) is 19.6. The average molecular weight is 496 g/mol. The van der Waals surface area contributed by atoms with E-state index in [1.165, 1.54) is 70.2 Å². The molecular weight excluding hydrogens is 449 g/mol. The molecule has 0 radical (unpaired) electrons. The Morgan fingerprint density at radius 3 is 1.96 bits per heavy atom. The number of aryl methyl sites for hydroxylation is 1. The van der Waals surface area contributed by atoms with E-state index >= 15 is 0 Å². The molecule has 2 nitrogen and oxygen atoms in total. The van der Waals surface area contributed by atoms with Gasteiger partial charge in [-0.2, -0.15) is 0 Å². The fraction of sp³-hybridized carbons (Fsp3) is 0.840. The second kappa shape index (κ2) is 12.0. The zero-order chi connectivity index (χ0) is 20.5. The zero-order valence-corrected chi connectivity index (χ0v) is 22.4. The first-order chi connectivity index (χ1) is 13.6. The van der Waals surface area contributed by atoms with Crippen molar-refractivity contribution in [1.29, 1.82) is 0 Å². The molecule has 0 unspecified atom stereocenters. The predicted octanol–water partition coefficient (Wildman–Crippen LogP) is 7.92. The van der Waals surface area contributed by atoms with Gasteiger partial charge in [0, 0.05) is 0 Å². The molecule has 0 aliphatic heterocycles. The van der Waals surface area contributed by atoms with Crippen LogP contribution in [0, 0.1) is 0 Å². The molecule has 28 heavy (non-hydrogen) atoms. The van der Waals surface area contributed by atoms with Crippen LogP contribution in [0.2, 0.25) is 17.2 Å². The first-order valence-corrected chi connectivity index (χ1v) is 20.1. The average Bonchev–Trinajstić information content (AvgIpc) is 3.21. The van der Waals surface area contributed by atoms with Gasteiger partial charge in [-0.3, -0.25) is 0 Å². The van der Waals surface area contributed by atoms with E-state index in [9.17, 15) is 0 Å². The van der Waals surface area contributed by atoms with Crippen molar-refractivity contribution in [1.82, 2.24) is 4.90 Å². The van der Waals surface area contributed by atoms with Crippen molar-refractivity contribution in [2.75, 3.05) is 13.1 Å². The van der Waals surface area contributed by atoms with Gasteiger partial charge in [-0.1, -0.05) is 0 Å². The molecule has 1 fully saturated rings. The summed E-state index contributed by atoms with van der Waals surface area (Å²) in [6, 6.07) is 4.23. The molecule has 1 aliphatic carbocycles. The van der Waals surface area contributed by atoms with E-state index < -0.39 is 18.4 Å². The van der Waals surface area contributed by atoms with Crippen LogP contribution in [0.3, 0.4) is 0 Å². The molecule has 1 heterocycles. The van der Waals surface area contributed by atoms with Gasteiger partial charge in [0.1, 0.15) is 0 Å². The van der Waals surface area contributed by atoms with Gasteiger partial charge in [-0.05, 0) is 0 Å². The maximum absolute atomic E-state index is 5.72. The van der Waals surface area contributed by atoms with Crippen LogP contribution in [0.5, 0.6) is 0 Å². The van der Waals surface area contributed by atoms with E-state index in [1.54, 1.807) is 13.3 Å². The Morgan fingerprint density at radius 2 is 1.54 bits per heavy atom. The summed E-state index contributed by atoms with van der Waals surface area (Å²) in [6.07, 6.45) is 14.4. The van der Waals surface area contributed by atoms with Crippen LogP contribution >= 0.6 is 0 Å². The molecule has 0 aromatic carbocycles. The number of rotatable bonds is 16. The van der Waals surface area contributed by atoms with Crippen LogP contribution in [0.4, 0.5) is 0 Å². The Kier molecular flexibility index (Phi) is 10.4. The van der Waals surface area contributed by atoms with Crippen molar-refractivity contribution in [2.45, 2.75) is 115 Å². The molecule has 0 amide bonds. The van der Waals surface area contributed by atoms with Crippen molar-refractivity contribution < 1.29 is 4.42 Å². The molecule has 162 valence electrons. The summed E-state index contributed by atoms with van der Waals surface area (Å²) in [6.45, 7) is 14.4. The van der Waals surface area contributed by atoms with Gasteiger partial charge < -0.3 is 0 Å². The third-order valence-corrected chi connectivity index (χ3v) is 25.5. The van der Waals surface area contributed by atoms with Gasteiger partial charge in [-0.15, -0.1) is 0 Å². The second-order valence-electron chi connectivity index (χ2n) is 9.28. The molecule has 0 N–H and O–H groups in total. The topological polar surface area (TPSA) is 16.4 Å². The van der Waals surface area contributed by atoms with Crippen LogP contribution in [0.25, 0.3) is 0 Å². The number of hydrogen-bond acceptors (Lipinski definition) is 2. The normalized spacial score (nSPS) is 22.1. The molecular formula is C25H47NOSn. The Balaban J connectivity index is 2.26. The molecule has 0 saturated heterocycles. The van der Waals surface area contributed by atoms with Crippen molar-refractivity contribution in [3.63, 3.8) is 0 Å². The summed E-state index contributed by atoms with van der Waals surface area (Å²) >= 11 is -2.18. The standard InChI is InChI=1S/C13H20NO.3C4H9.Sn/c1-3-14(4-2)13(9-10-13)8-7-12-6-5-11-15-12;3*1-3-4-2;/h5-6,9,11H,3-4,7-8,10H2,1-2H3;3*1,3-4H2,2H3;/t13-;;;;/m0..../s1. The first kappa shape index (κ1) is 24.3. The third kappa shape index (κ3) is 5.80. The molecule has 1 saturated carbocycles. The fourth-order valence-corrected chi connectivity index (χ4v) is 26.6. The molecule has 0 spiro atoms. The van der Waals surface area contributed by atoms with Crippen LogP contribution in [-0.2, 0) is 6.42 Å². The van der Waals surface area contributed by atoms with E-state index in [-0.39, 0.29) is 0 Å². The summed E-state index contributed by atoms with van der Waals surface area (Å²) in [5.41, 5.74) is 0.502. The van der Waals surface area contributed by atoms with Crippen molar-refractivity contribution in [3.8, 4) is 0 Å². The summed E-state index contributed by atoms with van der Waals surface area (Å²) in [5, 5.41) is 0. The van der Waals surface area contributed by atoms with E-state index in [1.807, 2.05) is 6.26 Å². The Labute approximate surface area is 179 Å². The summed E-state index contributed by atoms with van der Waals surface area (Å²) in [7, 11) is 0. The van der Waals surface area contributed by atoms with Crippen LogP contribution in [-0.4, -0.2) is 41.9 Å². The number of nitrogens with zero attached hydrogens (tertiary/aromatic N) is 1. The molecule has 3 heteroatoms. The maximum atomic E-state index is 5.72. The van der Waals surface area contributed by atoms with Gasteiger partial charge in [0.05, 0.1) is 0 Å². The summed E-state index contributed by atoms with van der Waals surface area (Å²) < 4.78 is 11.8. The molecule has 2 atom stereocenters. The Hall–Kier alpha value is 0.0387. The predicted molar refractivity (Wildman–Crippen MR) is 126 cm³/mol. The number of furan rings is 1. The number of unbranched alkanes of at least 4 members (excludes halogenated alkanes) is 3. The minimum atomic E-state index is -2.18. The van der Waals surface area contributed by atoms with Gasteiger partial charge in [-0.25, -0.2) is 0 Å². The van der Waals surface area contributed by atoms with Gasteiger partial charge >= 0.3 is 180 Å². The van der Waals surface area contributed by atoms with Gasteiger partial charge in [0.15, 0.2) is 0 Å². The van der Waals surface area contributed by atoms with Gasteiger partial charge in [0.2, 0.25) is 0 Å². The SMILES string of the molecule is CCC[CH2][Sn]([CH2]CCC)([CH2]CCC)[C@@H]1C[C@@]1(CCc1ccco1)N(CC)CC. The third-order valence-electron chi connectivity index (χ3n) is 7.65. The number of hydrogen-bond donors (Lipinski definition) is 0. The van der Waals surface area contributed by atoms with E-state index in [4.69, 9.17) is 4.42 Å². The van der Waals surface area contributed by atoms with Crippen molar-refractivity contribution in [3.05, 3.63) is 24.2 Å². The van der Waals surface area contributed by atoms with Crippen molar-refractivity contribution in [2.24, 2.45) is 0 Å². The summed E-state index contributed by atoms with van der Waals surface area (Å²) in [4.78, 5) is 2.86. The van der Waals surface area contributed by atoms with E-state index in [0.29, 0.717) is 5.54 Å². The molecule has 2 rings (SSSR count). The van der Waals surface area contributed by atoms with Crippen LogP contribution in [0.15, 0.2) is 22.8 Å². The monoisotopic (exact) mass is 497 g/mol. The van der Waals surface area contributed by atoms with E-state index in [0.717, 1.165) is 10.4 Å². The molecule has 0 bridgehead atoms. The van der Waals surface area contributed by atoms with E-state index in [2.05, 4.69) is 51.7 Å². The minimum absolute atomic E-state index is 0.502. The summed E-state index contributed by atoms with van der Waals surface area (Å²) in [5.74, 6) is 1.19. The Morgan fingerprint density at radius 1 is 0.964 bits per heavy atom. The van der Waals surface area contributed by atoms with Crippen molar-refractivity contribution >= 4 is 18.4 Å². The van der Waals surface area contributed by atoms with Crippen LogP contribution < -0.4 is 0 Å². The fourth-order valence-electron chi connectivity index (χ4n) is 6.00. The molecule has 1 aromatic rings.